The molecule has 5 nitrogen and oxygen atoms in total. The minimum absolute atomic E-state index is 0.0235. The van der Waals surface area contributed by atoms with Gasteiger partial charge in [-0.15, -0.1) is 11.6 Å². The van der Waals surface area contributed by atoms with Gasteiger partial charge in [0.15, 0.2) is 5.82 Å². The molecule has 2 atom stereocenters. The normalized spacial score (nSPS) is 15.2. The van der Waals surface area contributed by atoms with Gasteiger partial charge in [0.2, 0.25) is 0 Å². The molecule has 86 valence electrons. The number of benzene rings is 1. The maximum atomic E-state index is 9.76. The largest absolute Gasteiger partial charge is 0.389 e. The highest BCUT2D eigenvalue weighted by molar-refractivity contribution is 6.18. The topological polar surface area (TPSA) is 95.2 Å². The molecule has 0 spiro atoms. The number of H-pyrrole nitrogens is 1. The number of aliphatic hydroxyl groups is 2. The molecule has 0 amide bonds. The molecule has 1 aromatic carbocycles. The van der Waals surface area contributed by atoms with E-state index in [2.05, 4.69) is 10.2 Å². The van der Waals surface area contributed by atoms with Gasteiger partial charge in [0.05, 0.1) is 17.5 Å². The number of fused-ring (bicyclic) bond motifs is 1. The van der Waals surface area contributed by atoms with Crippen LogP contribution in [0, 0.1) is 0 Å². The minimum Gasteiger partial charge on any atom is -0.389 e. The summed E-state index contributed by atoms with van der Waals surface area (Å²) in [5, 5.41) is 26.6. The van der Waals surface area contributed by atoms with Gasteiger partial charge in [0.1, 0.15) is 6.10 Å². The molecule has 0 aliphatic rings. The van der Waals surface area contributed by atoms with E-state index in [-0.39, 0.29) is 5.88 Å². The highest BCUT2D eigenvalue weighted by Crippen LogP contribution is 2.24. The van der Waals surface area contributed by atoms with Crippen LogP contribution in [0.15, 0.2) is 18.2 Å². The summed E-state index contributed by atoms with van der Waals surface area (Å²) >= 11 is 5.47. The number of hydrogen-bond donors (Lipinski definition) is 4. The summed E-state index contributed by atoms with van der Waals surface area (Å²) in [6.07, 6.45) is -1.99. The average Bonchev–Trinajstić information content (AvgIpc) is 2.68. The first-order chi connectivity index (χ1) is 7.63. The third-order valence-electron chi connectivity index (χ3n) is 2.48. The minimum atomic E-state index is -1.01. The maximum absolute atomic E-state index is 9.76. The summed E-state index contributed by atoms with van der Waals surface area (Å²) in [5.74, 6) is 0.388. The lowest BCUT2D eigenvalue weighted by molar-refractivity contribution is 0.0328. The van der Waals surface area contributed by atoms with E-state index >= 15 is 0 Å². The molecule has 0 saturated carbocycles. The van der Waals surface area contributed by atoms with Crippen molar-refractivity contribution < 1.29 is 10.2 Å². The Balaban J connectivity index is 2.39. The Morgan fingerprint density at radius 3 is 2.88 bits per heavy atom. The zero-order valence-corrected chi connectivity index (χ0v) is 9.15. The third-order valence-corrected chi connectivity index (χ3v) is 2.80. The number of rotatable bonds is 3. The molecule has 16 heavy (non-hydrogen) atoms. The molecule has 0 radical (unpaired) electrons. The molecule has 0 aliphatic heterocycles. The summed E-state index contributed by atoms with van der Waals surface area (Å²) < 4.78 is 0. The van der Waals surface area contributed by atoms with Crippen molar-refractivity contribution in [2.45, 2.75) is 12.2 Å². The highest BCUT2D eigenvalue weighted by Gasteiger charge is 2.18. The van der Waals surface area contributed by atoms with Crippen LogP contribution >= 0.6 is 11.6 Å². The Hall–Kier alpha value is -1.30. The molecule has 1 heterocycles. The Morgan fingerprint density at radius 1 is 1.44 bits per heavy atom. The van der Waals surface area contributed by atoms with Crippen molar-refractivity contribution in [3.05, 3.63) is 23.8 Å². The summed E-state index contributed by atoms with van der Waals surface area (Å²) in [5.41, 5.74) is 6.90. The molecule has 0 aliphatic carbocycles. The van der Waals surface area contributed by atoms with E-state index in [1.54, 1.807) is 18.2 Å². The van der Waals surface area contributed by atoms with Crippen molar-refractivity contribution in [3.63, 3.8) is 0 Å². The number of aromatic nitrogens is 2. The number of aromatic amines is 1. The van der Waals surface area contributed by atoms with Gasteiger partial charge in [-0.3, -0.25) is 5.10 Å². The molecule has 2 unspecified atom stereocenters. The number of aliphatic hydroxyl groups excluding tert-OH is 2. The molecule has 0 fully saturated rings. The summed E-state index contributed by atoms with van der Waals surface area (Å²) in [6, 6.07) is 5.13. The van der Waals surface area contributed by atoms with E-state index in [0.29, 0.717) is 11.4 Å². The van der Waals surface area contributed by atoms with Gasteiger partial charge in [-0.2, -0.15) is 5.10 Å². The lowest BCUT2D eigenvalue weighted by atomic mass is 10.0. The maximum Gasteiger partial charge on any atom is 0.153 e. The molecule has 5 N–H and O–H groups in total. The Kier molecular flexibility index (Phi) is 3.00. The van der Waals surface area contributed by atoms with E-state index < -0.39 is 12.2 Å². The quantitative estimate of drug-likeness (QED) is 0.597. The van der Waals surface area contributed by atoms with Crippen LogP contribution in [0.5, 0.6) is 0 Å². The molecule has 2 rings (SSSR count). The van der Waals surface area contributed by atoms with Gasteiger partial charge in [-0.05, 0) is 17.7 Å². The fraction of sp³-hybridized carbons (Fsp3) is 0.300. The number of nitrogens with two attached hydrogens (primary N) is 1. The number of hydrogen-bond acceptors (Lipinski definition) is 4. The zero-order valence-electron chi connectivity index (χ0n) is 8.39. The van der Waals surface area contributed by atoms with E-state index in [1.807, 2.05) is 0 Å². The van der Waals surface area contributed by atoms with Crippen molar-refractivity contribution in [1.82, 2.24) is 10.2 Å². The molecule has 6 heteroatoms. The first kappa shape index (κ1) is 11.2. The second-order valence-electron chi connectivity index (χ2n) is 3.58. The van der Waals surface area contributed by atoms with Crippen LogP contribution < -0.4 is 5.73 Å². The van der Waals surface area contributed by atoms with Gasteiger partial charge in [-0.25, -0.2) is 0 Å². The summed E-state index contributed by atoms with van der Waals surface area (Å²) in [6.45, 7) is 0. The number of nitrogens with zero attached hydrogens (tertiary/aromatic N) is 1. The molecule has 0 bridgehead atoms. The van der Waals surface area contributed by atoms with Crippen molar-refractivity contribution in [1.29, 1.82) is 0 Å². The molecular weight excluding hydrogens is 230 g/mol. The Morgan fingerprint density at radius 2 is 2.19 bits per heavy atom. The monoisotopic (exact) mass is 241 g/mol. The first-order valence-corrected chi connectivity index (χ1v) is 5.32. The average molecular weight is 242 g/mol. The fourth-order valence-electron chi connectivity index (χ4n) is 1.55. The van der Waals surface area contributed by atoms with Crippen molar-refractivity contribution in [3.8, 4) is 0 Å². The fourth-order valence-corrected chi connectivity index (χ4v) is 1.72. The van der Waals surface area contributed by atoms with Gasteiger partial charge in [0, 0.05) is 5.39 Å². The Bertz CT molecular complexity index is 500. The second kappa shape index (κ2) is 4.29. The zero-order chi connectivity index (χ0) is 11.7. The molecule has 1 aromatic heterocycles. The van der Waals surface area contributed by atoms with Crippen molar-refractivity contribution in [2.24, 2.45) is 0 Å². The smallest absolute Gasteiger partial charge is 0.153 e. The highest BCUT2D eigenvalue weighted by atomic mass is 35.5. The van der Waals surface area contributed by atoms with Crippen LogP contribution in [-0.2, 0) is 0 Å². The standard InChI is InChI=1S/C10H12ClN3O2/c11-4-8(15)9(16)5-1-2-6-7(3-5)13-14-10(6)12/h1-3,8-9,15-16H,4H2,(H3,12,13,14). The van der Waals surface area contributed by atoms with E-state index in [4.69, 9.17) is 17.3 Å². The predicted octanol–water partition coefficient (Wildman–Crippen LogP) is 0.778. The summed E-state index contributed by atoms with van der Waals surface area (Å²) in [4.78, 5) is 0. The number of nitrogen functional groups attached to an aromatic ring is 1. The van der Waals surface area contributed by atoms with Crippen molar-refractivity contribution >= 4 is 28.3 Å². The lowest BCUT2D eigenvalue weighted by Crippen LogP contribution is -2.19. The van der Waals surface area contributed by atoms with E-state index in [9.17, 15) is 10.2 Å². The first-order valence-electron chi connectivity index (χ1n) is 4.79. The van der Waals surface area contributed by atoms with Gasteiger partial charge >= 0.3 is 0 Å². The third kappa shape index (κ3) is 1.84. The van der Waals surface area contributed by atoms with Crippen LogP contribution in [0.4, 0.5) is 5.82 Å². The number of alkyl halides is 1. The number of nitrogens with one attached hydrogen (secondary N) is 1. The van der Waals surface area contributed by atoms with Crippen LogP contribution in [0.2, 0.25) is 0 Å². The molecule has 2 aromatic rings. The molecular formula is C10H12ClN3O2. The second-order valence-corrected chi connectivity index (χ2v) is 3.89. The van der Waals surface area contributed by atoms with E-state index in [0.717, 1.165) is 10.9 Å². The van der Waals surface area contributed by atoms with Crippen LogP contribution in [0.25, 0.3) is 10.9 Å². The van der Waals surface area contributed by atoms with Crippen LogP contribution in [0.3, 0.4) is 0 Å². The van der Waals surface area contributed by atoms with Gasteiger partial charge in [0.25, 0.3) is 0 Å². The molecule has 0 saturated heterocycles. The SMILES string of the molecule is Nc1n[nH]c2cc(C(O)C(O)CCl)ccc12. The predicted molar refractivity (Wildman–Crippen MR) is 62.2 cm³/mol. The van der Waals surface area contributed by atoms with Gasteiger partial charge < -0.3 is 15.9 Å². The van der Waals surface area contributed by atoms with Gasteiger partial charge in [-0.1, -0.05) is 6.07 Å². The van der Waals surface area contributed by atoms with Crippen LogP contribution in [-0.4, -0.2) is 32.4 Å². The van der Waals surface area contributed by atoms with Crippen molar-refractivity contribution in [2.75, 3.05) is 11.6 Å². The number of anilines is 1. The van der Waals surface area contributed by atoms with E-state index in [1.165, 1.54) is 0 Å². The number of halogens is 1. The van der Waals surface area contributed by atoms with Crippen LogP contribution in [0.1, 0.15) is 11.7 Å². The Labute approximate surface area is 96.8 Å². The lowest BCUT2D eigenvalue weighted by Gasteiger charge is -2.15. The summed E-state index contributed by atoms with van der Waals surface area (Å²) in [7, 11) is 0.